The Morgan fingerprint density at radius 2 is 1.75 bits per heavy atom. The predicted octanol–water partition coefficient (Wildman–Crippen LogP) is 2.49. The third-order valence-electron chi connectivity index (χ3n) is 5.18. The molecular weight excluding hydrogens is 352 g/mol. The van der Waals surface area contributed by atoms with Crippen LogP contribution in [0.3, 0.4) is 0 Å². The number of ether oxygens (including phenoxy) is 1. The number of aliphatic hydroxyl groups excluding tert-OH is 1. The normalized spacial score (nSPS) is 16.6. The van der Waals surface area contributed by atoms with E-state index in [9.17, 15) is 9.90 Å². The summed E-state index contributed by atoms with van der Waals surface area (Å²) in [7, 11) is 0. The van der Waals surface area contributed by atoms with Crippen LogP contribution < -0.4 is 4.74 Å². The Morgan fingerprint density at radius 3 is 2.46 bits per heavy atom. The van der Waals surface area contributed by atoms with Crippen molar-refractivity contribution in [3.8, 4) is 5.75 Å². The Bertz CT molecular complexity index is 743. The van der Waals surface area contributed by atoms with E-state index < -0.39 is 6.10 Å². The lowest BCUT2D eigenvalue weighted by molar-refractivity contribution is 0.0463. The summed E-state index contributed by atoms with van der Waals surface area (Å²) < 4.78 is 5.67. The van der Waals surface area contributed by atoms with E-state index in [1.165, 1.54) is 12.5 Å². The Balaban J connectivity index is 1.35. The molecule has 0 aliphatic carbocycles. The predicted molar refractivity (Wildman–Crippen MR) is 111 cm³/mol. The minimum Gasteiger partial charge on any atom is -0.491 e. The van der Waals surface area contributed by atoms with Crippen LogP contribution in [0.1, 0.15) is 22.8 Å². The summed E-state index contributed by atoms with van der Waals surface area (Å²) >= 11 is 0. The highest BCUT2D eigenvalue weighted by Gasteiger charge is 2.19. The third-order valence-corrected chi connectivity index (χ3v) is 5.18. The van der Waals surface area contributed by atoms with Crippen LogP contribution in [0.5, 0.6) is 5.75 Å². The standard InChI is InChI=1S/C23H30N2O3/c1-19(26)21-8-5-9-23(16-21)28-18-22(27)17-25-14-12-24(13-15-25)11-10-20-6-3-2-4-7-20/h2-9,16,22,27H,10-15,17-18H2,1H3. The van der Waals surface area contributed by atoms with Crippen molar-refractivity contribution < 1.29 is 14.6 Å². The summed E-state index contributed by atoms with van der Waals surface area (Å²) in [6, 6.07) is 17.7. The van der Waals surface area contributed by atoms with Crippen LogP contribution in [0, 0.1) is 0 Å². The molecule has 3 rings (SSSR count). The number of hydrogen-bond acceptors (Lipinski definition) is 5. The second-order valence-electron chi connectivity index (χ2n) is 7.43. The van der Waals surface area contributed by atoms with E-state index in [0.29, 0.717) is 17.9 Å². The van der Waals surface area contributed by atoms with Crippen molar-refractivity contribution in [2.45, 2.75) is 19.4 Å². The molecule has 1 heterocycles. The molecule has 1 atom stereocenters. The molecule has 150 valence electrons. The second-order valence-corrected chi connectivity index (χ2v) is 7.43. The van der Waals surface area contributed by atoms with Crippen molar-refractivity contribution in [2.24, 2.45) is 0 Å². The molecule has 5 heteroatoms. The fourth-order valence-electron chi connectivity index (χ4n) is 3.48. The van der Waals surface area contributed by atoms with Crippen molar-refractivity contribution >= 4 is 5.78 Å². The van der Waals surface area contributed by atoms with Gasteiger partial charge >= 0.3 is 0 Å². The van der Waals surface area contributed by atoms with Gasteiger partial charge in [0.25, 0.3) is 0 Å². The van der Waals surface area contributed by atoms with Gasteiger partial charge in [-0.2, -0.15) is 0 Å². The lowest BCUT2D eigenvalue weighted by Gasteiger charge is -2.35. The van der Waals surface area contributed by atoms with Crippen molar-refractivity contribution in [3.63, 3.8) is 0 Å². The molecule has 0 aromatic heterocycles. The highest BCUT2D eigenvalue weighted by Crippen LogP contribution is 2.14. The van der Waals surface area contributed by atoms with Gasteiger partial charge < -0.3 is 14.7 Å². The number of nitrogens with zero attached hydrogens (tertiary/aromatic N) is 2. The number of rotatable bonds is 9. The number of aliphatic hydroxyl groups is 1. The molecule has 0 saturated carbocycles. The van der Waals surface area contributed by atoms with Gasteiger partial charge in [0.1, 0.15) is 18.5 Å². The first kappa shape index (κ1) is 20.5. The minimum atomic E-state index is -0.545. The Kier molecular flexibility index (Phi) is 7.60. The van der Waals surface area contributed by atoms with Gasteiger partial charge in [-0.15, -0.1) is 0 Å². The summed E-state index contributed by atoms with van der Waals surface area (Å²) in [4.78, 5) is 16.2. The van der Waals surface area contributed by atoms with E-state index in [0.717, 1.165) is 39.1 Å². The van der Waals surface area contributed by atoms with Crippen molar-refractivity contribution in [1.29, 1.82) is 0 Å². The van der Waals surface area contributed by atoms with Gasteiger partial charge in [0, 0.05) is 44.8 Å². The van der Waals surface area contributed by atoms with Gasteiger partial charge in [0.15, 0.2) is 5.78 Å². The molecule has 1 N–H and O–H groups in total. The first-order valence-corrected chi connectivity index (χ1v) is 10.0. The van der Waals surface area contributed by atoms with E-state index in [4.69, 9.17) is 4.74 Å². The average molecular weight is 383 g/mol. The molecule has 0 bridgehead atoms. The van der Waals surface area contributed by atoms with Crippen LogP contribution in [-0.2, 0) is 6.42 Å². The number of hydrogen-bond donors (Lipinski definition) is 1. The van der Waals surface area contributed by atoms with Gasteiger partial charge in [-0.05, 0) is 31.0 Å². The molecule has 1 fully saturated rings. The van der Waals surface area contributed by atoms with E-state index in [2.05, 4.69) is 40.1 Å². The van der Waals surface area contributed by atoms with Crippen LogP contribution in [0.4, 0.5) is 0 Å². The Hall–Kier alpha value is -2.21. The van der Waals surface area contributed by atoms with E-state index >= 15 is 0 Å². The monoisotopic (exact) mass is 382 g/mol. The largest absolute Gasteiger partial charge is 0.491 e. The molecule has 0 amide bonds. The van der Waals surface area contributed by atoms with Crippen LogP contribution >= 0.6 is 0 Å². The summed E-state index contributed by atoms with van der Waals surface area (Å²) in [6.45, 7) is 7.44. The summed E-state index contributed by atoms with van der Waals surface area (Å²) in [5, 5.41) is 10.3. The molecule has 1 aliphatic heterocycles. The fourth-order valence-corrected chi connectivity index (χ4v) is 3.48. The zero-order valence-electron chi connectivity index (χ0n) is 16.6. The van der Waals surface area contributed by atoms with Crippen LogP contribution in [-0.4, -0.2) is 72.7 Å². The molecule has 0 radical (unpaired) electrons. The molecule has 1 unspecified atom stereocenters. The number of β-amino-alcohol motifs (C(OH)–C–C–N with tert-alkyl or cyclic N) is 1. The summed E-state index contributed by atoms with van der Waals surface area (Å²) in [5.41, 5.74) is 2.00. The Labute approximate surface area is 167 Å². The molecule has 28 heavy (non-hydrogen) atoms. The van der Waals surface area contributed by atoms with E-state index in [-0.39, 0.29) is 12.4 Å². The molecule has 5 nitrogen and oxygen atoms in total. The zero-order valence-corrected chi connectivity index (χ0v) is 16.6. The maximum Gasteiger partial charge on any atom is 0.159 e. The maximum atomic E-state index is 11.4. The fraction of sp³-hybridized carbons (Fsp3) is 0.435. The molecule has 2 aromatic rings. The number of ketones is 1. The van der Waals surface area contributed by atoms with Crippen molar-refractivity contribution in [1.82, 2.24) is 9.80 Å². The van der Waals surface area contributed by atoms with Crippen LogP contribution in [0.25, 0.3) is 0 Å². The molecule has 0 spiro atoms. The van der Waals surface area contributed by atoms with Gasteiger partial charge in [-0.25, -0.2) is 0 Å². The smallest absolute Gasteiger partial charge is 0.159 e. The lowest BCUT2D eigenvalue weighted by atomic mass is 10.1. The zero-order chi connectivity index (χ0) is 19.8. The van der Waals surface area contributed by atoms with Crippen molar-refractivity contribution in [3.05, 3.63) is 65.7 Å². The number of benzene rings is 2. The number of carbonyl (C=O) groups is 1. The summed E-state index contributed by atoms with van der Waals surface area (Å²) in [5.74, 6) is 0.633. The SMILES string of the molecule is CC(=O)c1cccc(OCC(O)CN2CCN(CCc3ccccc3)CC2)c1. The van der Waals surface area contributed by atoms with E-state index in [1.807, 2.05) is 6.07 Å². The number of piperazine rings is 1. The molecular formula is C23H30N2O3. The van der Waals surface area contributed by atoms with Gasteiger partial charge in [-0.1, -0.05) is 42.5 Å². The third kappa shape index (κ3) is 6.44. The highest BCUT2D eigenvalue weighted by molar-refractivity contribution is 5.94. The second kappa shape index (κ2) is 10.4. The minimum absolute atomic E-state index is 0.0103. The van der Waals surface area contributed by atoms with Gasteiger partial charge in [0.2, 0.25) is 0 Å². The van der Waals surface area contributed by atoms with Crippen LogP contribution in [0.15, 0.2) is 54.6 Å². The Morgan fingerprint density at radius 1 is 1.04 bits per heavy atom. The topological polar surface area (TPSA) is 53.0 Å². The maximum absolute atomic E-state index is 11.4. The van der Waals surface area contributed by atoms with Gasteiger partial charge in [-0.3, -0.25) is 9.69 Å². The van der Waals surface area contributed by atoms with E-state index in [1.54, 1.807) is 18.2 Å². The van der Waals surface area contributed by atoms with Crippen molar-refractivity contribution in [2.75, 3.05) is 45.9 Å². The lowest BCUT2D eigenvalue weighted by Crippen LogP contribution is -2.49. The number of carbonyl (C=O) groups excluding carboxylic acids is 1. The summed E-state index contributed by atoms with van der Waals surface area (Å²) in [6.07, 6.45) is 0.535. The average Bonchev–Trinajstić information content (AvgIpc) is 2.73. The van der Waals surface area contributed by atoms with Gasteiger partial charge in [0.05, 0.1) is 0 Å². The van der Waals surface area contributed by atoms with Crippen LogP contribution in [0.2, 0.25) is 0 Å². The molecule has 2 aromatic carbocycles. The molecule has 1 saturated heterocycles. The first-order valence-electron chi connectivity index (χ1n) is 10.0. The quantitative estimate of drug-likeness (QED) is 0.676. The highest BCUT2D eigenvalue weighted by atomic mass is 16.5. The molecule has 1 aliphatic rings. The first-order chi connectivity index (χ1) is 13.6. The number of Topliss-reactive ketones (excluding diaryl/α,β-unsaturated/α-hetero) is 1.